The van der Waals surface area contributed by atoms with Crippen molar-refractivity contribution in [2.75, 3.05) is 26.2 Å². The van der Waals surface area contributed by atoms with Gasteiger partial charge in [0.05, 0.1) is 17.8 Å². The summed E-state index contributed by atoms with van der Waals surface area (Å²) in [4.78, 5) is 27.6. The summed E-state index contributed by atoms with van der Waals surface area (Å²) < 4.78 is 53.0. The van der Waals surface area contributed by atoms with Gasteiger partial charge >= 0.3 is 12.1 Å². The zero-order valence-electron chi connectivity index (χ0n) is 15.7. The summed E-state index contributed by atoms with van der Waals surface area (Å²) in [5.74, 6) is -3.16. The Labute approximate surface area is 167 Å². The largest absolute Gasteiger partial charge is 0.490 e. The van der Waals surface area contributed by atoms with Crippen molar-refractivity contribution in [1.29, 1.82) is 0 Å². The van der Waals surface area contributed by atoms with Crippen molar-refractivity contribution in [2.45, 2.75) is 31.1 Å². The summed E-state index contributed by atoms with van der Waals surface area (Å²) in [7, 11) is 0. The molecule has 0 unspecified atom stereocenters. The second-order valence-corrected chi connectivity index (χ2v) is 7.12. The minimum atomic E-state index is -5.08. The molecule has 0 aliphatic carbocycles. The monoisotopic (exact) mass is 432 g/mol. The predicted molar refractivity (Wildman–Crippen MR) is 97.8 cm³/mol. The molecule has 2 aromatic rings. The van der Waals surface area contributed by atoms with Gasteiger partial charge in [0.2, 0.25) is 0 Å². The number of halogens is 4. The van der Waals surface area contributed by atoms with E-state index in [1.54, 1.807) is 10.6 Å². The van der Waals surface area contributed by atoms with E-state index in [1.165, 1.54) is 6.07 Å². The summed E-state index contributed by atoms with van der Waals surface area (Å²) in [5.41, 5.74) is 6.83. The summed E-state index contributed by atoms with van der Waals surface area (Å²) in [6.07, 6.45) is -2.03. The lowest BCUT2D eigenvalue weighted by atomic mass is 10.1. The lowest BCUT2D eigenvalue weighted by Gasteiger charge is -2.35. The highest BCUT2D eigenvalue weighted by Crippen LogP contribution is 2.32. The van der Waals surface area contributed by atoms with Gasteiger partial charge in [0.15, 0.2) is 11.6 Å². The maximum absolute atomic E-state index is 14.0. The molecule has 1 fully saturated rings. The molecule has 2 aliphatic rings. The van der Waals surface area contributed by atoms with Crippen molar-refractivity contribution in [1.82, 2.24) is 14.5 Å². The molecule has 3 N–H and O–H groups in total. The quantitative estimate of drug-likeness (QED) is 0.693. The van der Waals surface area contributed by atoms with E-state index in [9.17, 15) is 22.4 Å². The van der Waals surface area contributed by atoms with Crippen LogP contribution in [0.5, 0.6) is 5.75 Å². The topological polar surface area (TPSA) is 111 Å². The van der Waals surface area contributed by atoms with Crippen LogP contribution in [-0.2, 0) is 4.79 Å². The third kappa shape index (κ3) is 4.70. The number of carbonyl (C=O) groups is 1. The number of ether oxygens (including phenoxy) is 1. The van der Waals surface area contributed by atoms with Crippen LogP contribution in [0.4, 0.5) is 17.6 Å². The molecule has 30 heavy (non-hydrogen) atoms. The van der Waals surface area contributed by atoms with Crippen LogP contribution in [0.25, 0.3) is 11.0 Å². The van der Waals surface area contributed by atoms with E-state index in [0.717, 1.165) is 32.1 Å². The normalized spacial score (nSPS) is 19.7. The van der Waals surface area contributed by atoms with Crippen LogP contribution in [0.15, 0.2) is 23.1 Å². The van der Waals surface area contributed by atoms with Crippen LogP contribution < -0.4 is 16.0 Å². The van der Waals surface area contributed by atoms with Crippen LogP contribution in [-0.4, -0.2) is 64.0 Å². The number of hydrogen-bond acceptors (Lipinski definition) is 6. The second kappa shape index (κ2) is 8.56. The SMILES string of the molecule is NC1CCN(C[C@@H]2COc3c(F)cnc4ccc(=O)n2c34)CC1.O=C(O)C(F)(F)F. The minimum Gasteiger partial charge on any atom is -0.486 e. The summed E-state index contributed by atoms with van der Waals surface area (Å²) in [5, 5.41) is 7.12. The Balaban J connectivity index is 0.000000318. The number of likely N-dealkylation sites (tertiary alicyclic amines) is 1. The number of carboxylic acid groups (broad SMARTS) is 1. The Morgan fingerprint density at radius 1 is 1.30 bits per heavy atom. The highest BCUT2D eigenvalue weighted by molar-refractivity contribution is 5.82. The van der Waals surface area contributed by atoms with Crippen LogP contribution in [0.1, 0.15) is 18.9 Å². The van der Waals surface area contributed by atoms with Crippen molar-refractivity contribution < 1.29 is 32.2 Å². The first-order chi connectivity index (χ1) is 14.1. The maximum atomic E-state index is 14.0. The van der Waals surface area contributed by atoms with Gasteiger partial charge in [-0.1, -0.05) is 0 Å². The fourth-order valence-corrected chi connectivity index (χ4v) is 3.49. The molecule has 0 saturated carbocycles. The van der Waals surface area contributed by atoms with E-state index in [1.807, 2.05) is 0 Å². The van der Waals surface area contributed by atoms with Gasteiger partial charge < -0.3 is 20.5 Å². The molecule has 0 spiro atoms. The maximum Gasteiger partial charge on any atom is 0.490 e. The molecule has 0 bridgehead atoms. The number of carboxylic acids is 1. The first-order valence-corrected chi connectivity index (χ1v) is 9.18. The molecule has 1 saturated heterocycles. The number of nitrogens with two attached hydrogens (primary N) is 1. The second-order valence-electron chi connectivity index (χ2n) is 7.12. The van der Waals surface area contributed by atoms with Gasteiger partial charge in [-0.2, -0.15) is 13.2 Å². The average Bonchev–Trinajstić information content (AvgIpc) is 2.68. The number of rotatable bonds is 2. The number of alkyl halides is 3. The van der Waals surface area contributed by atoms with E-state index in [-0.39, 0.29) is 30.0 Å². The van der Waals surface area contributed by atoms with Crippen LogP contribution in [0, 0.1) is 5.82 Å². The molecular formula is C18H20F4N4O4. The third-order valence-electron chi connectivity index (χ3n) is 4.98. The zero-order valence-corrected chi connectivity index (χ0v) is 15.7. The Kier molecular flexibility index (Phi) is 6.27. The van der Waals surface area contributed by atoms with Crippen LogP contribution in [0.2, 0.25) is 0 Å². The van der Waals surface area contributed by atoms with Gasteiger partial charge in [-0.3, -0.25) is 14.3 Å². The fraction of sp³-hybridized carbons (Fsp3) is 0.500. The number of hydrogen-bond donors (Lipinski definition) is 2. The van der Waals surface area contributed by atoms with Gasteiger partial charge in [0.1, 0.15) is 12.1 Å². The average molecular weight is 432 g/mol. The number of pyridine rings is 2. The number of nitrogens with zero attached hydrogens (tertiary/aromatic N) is 3. The summed E-state index contributed by atoms with van der Waals surface area (Å²) in [6, 6.07) is 3.22. The smallest absolute Gasteiger partial charge is 0.486 e. The zero-order chi connectivity index (χ0) is 22.1. The van der Waals surface area contributed by atoms with Gasteiger partial charge in [0.25, 0.3) is 5.56 Å². The Morgan fingerprint density at radius 2 is 1.93 bits per heavy atom. The first-order valence-electron chi connectivity index (χ1n) is 9.18. The predicted octanol–water partition coefficient (Wildman–Crippen LogP) is 1.53. The van der Waals surface area contributed by atoms with Crippen LogP contribution in [0.3, 0.4) is 0 Å². The molecule has 1 atom stereocenters. The molecule has 164 valence electrons. The lowest BCUT2D eigenvalue weighted by Crippen LogP contribution is -2.45. The Morgan fingerprint density at radius 3 is 2.53 bits per heavy atom. The van der Waals surface area contributed by atoms with Gasteiger partial charge in [-0.05, 0) is 32.0 Å². The summed E-state index contributed by atoms with van der Waals surface area (Å²) >= 11 is 0. The van der Waals surface area contributed by atoms with Gasteiger partial charge in [-0.25, -0.2) is 9.18 Å². The number of aliphatic carboxylic acids is 1. The van der Waals surface area contributed by atoms with Gasteiger partial charge in [0, 0.05) is 18.7 Å². The molecule has 0 amide bonds. The standard InChI is InChI=1S/C16H19FN4O2.C2HF3O2/c17-12-7-19-13-1-2-14(22)21-11(9-23-16(12)15(13)21)8-20-5-3-10(18)4-6-20;3-2(4,5)1(6)7/h1-2,7,10-11H,3-6,8-9,18H2;(H,6,7)/t11-;/m1./s1. The fourth-order valence-electron chi connectivity index (χ4n) is 3.49. The van der Waals surface area contributed by atoms with Crippen molar-refractivity contribution in [2.24, 2.45) is 5.73 Å². The highest BCUT2D eigenvalue weighted by Gasteiger charge is 2.38. The summed E-state index contributed by atoms with van der Waals surface area (Å²) in [6.45, 7) is 2.81. The number of piperidine rings is 1. The molecule has 4 heterocycles. The first kappa shape index (κ1) is 22.0. The number of aromatic nitrogens is 2. The van der Waals surface area contributed by atoms with E-state index in [4.69, 9.17) is 20.4 Å². The lowest BCUT2D eigenvalue weighted by molar-refractivity contribution is -0.192. The molecule has 0 radical (unpaired) electrons. The minimum absolute atomic E-state index is 0.129. The van der Waals surface area contributed by atoms with E-state index >= 15 is 0 Å². The van der Waals surface area contributed by atoms with E-state index < -0.39 is 18.0 Å². The third-order valence-corrected chi connectivity index (χ3v) is 4.98. The molecule has 12 heteroatoms. The Bertz CT molecular complexity index is 987. The molecular weight excluding hydrogens is 412 g/mol. The van der Waals surface area contributed by atoms with Crippen molar-refractivity contribution in [3.8, 4) is 5.75 Å². The van der Waals surface area contributed by atoms with Crippen molar-refractivity contribution >= 4 is 17.0 Å². The van der Waals surface area contributed by atoms with Crippen molar-refractivity contribution in [3.63, 3.8) is 0 Å². The molecule has 4 rings (SSSR count). The van der Waals surface area contributed by atoms with E-state index in [2.05, 4.69) is 9.88 Å². The van der Waals surface area contributed by atoms with Gasteiger partial charge in [-0.15, -0.1) is 0 Å². The van der Waals surface area contributed by atoms with Crippen molar-refractivity contribution in [3.05, 3.63) is 34.5 Å². The van der Waals surface area contributed by atoms with E-state index in [0.29, 0.717) is 17.6 Å². The Hall–Kier alpha value is -2.73. The molecule has 0 aromatic carbocycles. The molecule has 2 aliphatic heterocycles. The van der Waals surface area contributed by atoms with Crippen LogP contribution >= 0.6 is 0 Å². The molecule has 8 nitrogen and oxygen atoms in total. The highest BCUT2D eigenvalue weighted by atomic mass is 19.4. The molecule has 2 aromatic heterocycles.